The zero-order valence-electron chi connectivity index (χ0n) is 13.4. The summed E-state index contributed by atoms with van der Waals surface area (Å²) >= 11 is 0. The molecule has 0 radical (unpaired) electrons. The smallest absolute Gasteiger partial charge is 0.338 e. The van der Waals surface area contributed by atoms with Gasteiger partial charge in [0.05, 0.1) is 5.39 Å². The van der Waals surface area contributed by atoms with Gasteiger partial charge in [-0.3, -0.25) is 0 Å². The molecule has 7 heteroatoms. The number of benzene rings is 2. The Morgan fingerprint density at radius 2 is 1.36 bits per heavy atom. The molecular formula is C18H13F3O4. The van der Waals surface area contributed by atoms with Crippen molar-refractivity contribution in [1.29, 1.82) is 0 Å². The van der Waals surface area contributed by atoms with Crippen LogP contribution in [-0.2, 0) is 9.59 Å². The molecule has 0 N–H and O–H groups in total. The third-order valence-corrected chi connectivity index (χ3v) is 3.16. The highest BCUT2D eigenvalue weighted by molar-refractivity contribution is 5.92. The van der Waals surface area contributed by atoms with E-state index in [4.69, 9.17) is 4.74 Å². The minimum atomic E-state index is -1.58. The van der Waals surface area contributed by atoms with E-state index in [2.05, 4.69) is 17.9 Å². The number of fused-ring (bicyclic) bond motifs is 1. The van der Waals surface area contributed by atoms with Crippen LogP contribution < -0.4 is 9.47 Å². The van der Waals surface area contributed by atoms with Crippen molar-refractivity contribution < 1.29 is 32.2 Å². The van der Waals surface area contributed by atoms with E-state index < -0.39 is 46.3 Å². The molecule has 0 saturated carbocycles. The predicted octanol–water partition coefficient (Wildman–Crippen LogP) is 4.22. The van der Waals surface area contributed by atoms with Gasteiger partial charge >= 0.3 is 11.9 Å². The maximum atomic E-state index is 14.4. The summed E-state index contributed by atoms with van der Waals surface area (Å²) in [6.07, 6.45) is 0. The molecule has 0 bridgehead atoms. The van der Waals surface area contributed by atoms with Crippen molar-refractivity contribution in [3.63, 3.8) is 0 Å². The summed E-state index contributed by atoms with van der Waals surface area (Å²) in [5.41, 5.74) is -0.0126. The lowest BCUT2D eigenvalue weighted by Gasteiger charge is -2.11. The van der Waals surface area contributed by atoms with E-state index in [0.29, 0.717) is 0 Å². The highest BCUT2D eigenvalue weighted by Crippen LogP contribution is 2.34. The molecule has 0 aliphatic rings. The first-order chi connectivity index (χ1) is 11.6. The first kappa shape index (κ1) is 18.3. The van der Waals surface area contributed by atoms with Gasteiger partial charge in [0, 0.05) is 11.1 Å². The summed E-state index contributed by atoms with van der Waals surface area (Å²) in [5.74, 6) is -7.54. The molecule has 0 saturated heterocycles. The van der Waals surface area contributed by atoms with Crippen LogP contribution in [0.3, 0.4) is 0 Å². The normalized spacial score (nSPS) is 10.4. The lowest BCUT2D eigenvalue weighted by molar-refractivity contribution is -0.131. The number of ether oxygens (including phenoxy) is 2. The quantitative estimate of drug-likeness (QED) is 0.471. The summed E-state index contributed by atoms with van der Waals surface area (Å²) in [7, 11) is 0. The Morgan fingerprint density at radius 3 is 1.88 bits per heavy atom. The van der Waals surface area contributed by atoms with Gasteiger partial charge in [-0.05, 0) is 31.4 Å². The van der Waals surface area contributed by atoms with E-state index in [1.54, 1.807) is 0 Å². The Morgan fingerprint density at radius 1 is 0.840 bits per heavy atom. The zero-order valence-corrected chi connectivity index (χ0v) is 13.4. The Balaban J connectivity index is 2.57. The number of carbonyl (C=O) groups excluding carboxylic acids is 2. The summed E-state index contributed by atoms with van der Waals surface area (Å²) < 4.78 is 52.2. The number of carbonyl (C=O) groups is 2. The monoisotopic (exact) mass is 350 g/mol. The van der Waals surface area contributed by atoms with Crippen LogP contribution in [0.15, 0.2) is 42.5 Å². The molecule has 4 nitrogen and oxygen atoms in total. The fraction of sp³-hybridized carbons (Fsp3) is 0.111. The minimum absolute atomic E-state index is 0.00760. The van der Waals surface area contributed by atoms with Gasteiger partial charge < -0.3 is 9.47 Å². The van der Waals surface area contributed by atoms with E-state index in [9.17, 15) is 22.8 Å². The largest absolute Gasteiger partial charge is 0.420 e. The molecule has 2 aromatic carbocycles. The van der Waals surface area contributed by atoms with E-state index in [-0.39, 0.29) is 16.5 Å². The van der Waals surface area contributed by atoms with Crippen LogP contribution in [0.1, 0.15) is 13.8 Å². The Kier molecular flexibility index (Phi) is 4.97. The molecule has 0 aliphatic heterocycles. The summed E-state index contributed by atoms with van der Waals surface area (Å²) in [6, 6.07) is 3.22. The Hall–Kier alpha value is -3.09. The van der Waals surface area contributed by atoms with Crippen molar-refractivity contribution in [3.05, 3.63) is 60.0 Å². The number of halogens is 3. The van der Waals surface area contributed by atoms with Crippen molar-refractivity contribution in [3.8, 4) is 11.5 Å². The van der Waals surface area contributed by atoms with E-state index in [1.165, 1.54) is 19.9 Å². The molecule has 0 spiro atoms. The fourth-order valence-corrected chi connectivity index (χ4v) is 1.86. The van der Waals surface area contributed by atoms with Gasteiger partial charge in [-0.15, -0.1) is 0 Å². The molecule has 130 valence electrons. The van der Waals surface area contributed by atoms with Gasteiger partial charge in [-0.25, -0.2) is 18.4 Å². The highest BCUT2D eigenvalue weighted by Gasteiger charge is 2.22. The lowest BCUT2D eigenvalue weighted by atomic mass is 10.1. The summed E-state index contributed by atoms with van der Waals surface area (Å²) in [4.78, 5) is 22.9. The second kappa shape index (κ2) is 6.80. The third-order valence-electron chi connectivity index (χ3n) is 3.16. The van der Waals surface area contributed by atoms with Crippen LogP contribution in [0, 0.1) is 17.5 Å². The zero-order chi connectivity index (χ0) is 18.9. The van der Waals surface area contributed by atoms with Crippen LogP contribution >= 0.6 is 0 Å². The maximum absolute atomic E-state index is 14.4. The van der Waals surface area contributed by atoms with Crippen LogP contribution in [0.5, 0.6) is 11.5 Å². The molecule has 0 aromatic heterocycles. The molecule has 0 amide bonds. The second-order valence-electron chi connectivity index (χ2n) is 5.32. The Labute approximate surface area is 141 Å². The third kappa shape index (κ3) is 3.55. The van der Waals surface area contributed by atoms with Crippen LogP contribution in [-0.4, -0.2) is 11.9 Å². The Bertz CT molecular complexity index is 932. The molecule has 0 heterocycles. The van der Waals surface area contributed by atoms with Crippen LogP contribution in [0.2, 0.25) is 0 Å². The van der Waals surface area contributed by atoms with Crippen LogP contribution in [0.4, 0.5) is 13.2 Å². The summed E-state index contributed by atoms with van der Waals surface area (Å²) in [6.45, 7) is 9.35. The molecular weight excluding hydrogens is 337 g/mol. The molecule has 2 rings (SSSR count). The first-order valence-electron chi connectivity index (χ1n) is 6.99. The predicted molar refractivity (Wildman–Crippen MR) is 84.7 cm³/mol. The SMILES string of the molecule is C=C(C)C(=O)Oc1cc2ccc(OC(=O)C(=C)C)c(F)c2c(F)c1F. The van der Waals surface area contributed by atoms with Crippen LogP contribution in [0.25, 0.3) is 10.8 Å². The molecule has 0 atom stereocenters. The van der Waals surface area contributed by atoms with Gasteiger partial charge in [-0.1, -0.05) is 19.2 Å². The number of hydrogen-bond acceptors (Lipinski definition) is 4. The molecule has 0 unspecified atom stereocenters. The topological polar surface area (TPSA) is 52.6 Å². The van der Waals surface area contributed by atoms with Crippen molar-refractivity contribution in [2.75, 3.05) is 0 Å². The van der Waals surface area contributed by atoms with Gasteiger partial charge in [0.2, 0.25) is 5.82 Å². The van der Waals surface area contributed by atoms with E-state index in [1.807, 2.05) is 0 Å². The van der Waals surface area contributed by atoms with Crippen molar-refractivity contribution in [2.45, 2.75) is 13.8 Å². The van der Waals surface area contributed by atoms with Gasteiger partial charge in [-0.2, -0.15) is 4.39 Å². The average molecular weight is 350 g/mol. The molecule has 0 fully saturated rings. The lowest BCUT2D eigenvalue weighted by Crippen LogP contribution is -2.11. The van der Waals surface area contributed by atoms with Gasteiger partial charge in [0.1, 0.15) is 0 Å². The number of esters is 2. The van der Waals surface area contributed by atoms with Crippen molar-refractivity contribution >= 4 is 22.7 Å². The number of rotatable bonds is 4. The highest BCUT2D eigenvalue weighted by atomic mass is 19.2. The first-order valence-corrected chi connectivity index (χ1v) is 6.99. The van der Waals surface area contributed by atoms with Crippen molar-refractivity contribution in [2.24, 2.45) is 0 Å². The fourth-order valence-electron chi connectivity index (χ4n) is 1.86. The minimum Gasteiger partial charge on any atom is -0.420 e. The molecule has 2 aromatic rings. The molecule has 0 aliphatic carbocycles. The van der Waals surface area contributed by atoms with Gasteiger partial charge in [0.15, 0.2) is 23.1 Å². The van der Waals surface area contributed by atoms with E-state index >= 15 is 0 Å². The standard InChI is InChI=1S/C18H13F3O4/c1-8(2)17(22)24-11-6-5-10-7-12(25-18(23)9(3)4)15(20)16(21)13(10)14(11)19/h5-7H,1,3H2,2,4H3. The number of hydrogen-bond donors (Lipinski definition) is 0. The van der Waals surface area contributed by atoms with E-state index in [0.717, 1.165) is 12.1 Å². The maximum Gasteiger partial charge on any atom is 0.338 e. The average Bonchev–Trinajstić information content (AvgIpc) is 2.54. The van der Waals surface area contributed by atoms with Gasteiger partial charge in [0.25, 0.3) is 0 Å². The second-order valence-corrected chi connectivity index (χ2v) is 5.32. The van der Waals surface area contributed by atoms with Crippen molar-refractivity contribution in [1.82, 2.24) is 0 Å². The summed E-state index contributed by atoms with van der Waals surface area (Å²) in [5, 5.41) is -0.823. The molecule has 25 heavy (non-hydrogen) atoms.